The molecule has 0 saturated heterocycles. The van der Waals surface area contributed by atoms with Crippen molar-refractivity contribution in [1.82, 2.24) is 9.55 Å². The van der Waals surface area contributed by atoms with Crippen LogP contribution in [0.2, 0.25) is 5.02 Å². The molecule has 4 rings (SSSR count). The van der Waals surface area contributed by atoms with Crippen molar-refractivity contribution in [1.29, 1.82) is 0 Å². The fourth-order valence-corrected chi connectivity index (χ4v) is 3.40. The fourth-order valence-electron chi connectivity index (χ4n) is 3.23. The number of anilines is 1. The molecule has 5 heteroatoms. The molecule has 0 amide bonds. The highest BCUT2D eigenvalue weighted by Gasteiger charge is 2.15. The number of fused-ring (bicyclic) bond motifs is 1. The molecule has 4 nitrogen and oxygen atoms in total. The van der Waals surface area contributed by atoms with Gasteiger partial charge in [-0.25, -0.2) is 4.79 Å². The average molecular weight is 376 g/mol. The lowest BCUT2D eigenvalue weighted by molar-refractivity contribution is 0.871. The highest BCUT2D eigenvalue weighted by molar-refractivity contribution is 6.31. The second-order valence-electron chi connectivity index (χ2n) is 6.39. The molecule has 1 aromatic heterocycles. The third-order valence-corrected chi connectivity index (χ3v) is 4.71. The number of para-hydroxylation sites is 1. The molecule has 0 radical (unpaired) electrons. The van der Waals surface area contributed by atoms with Gasteiger partial charge in [0.05, 0.1) is 11.2 Å². The zero-order chi connectivity index (χ0) is 18.8. The predicted molar refractivity (Wildman–Crippen MR) is 111 cm³/mol. The van der Waals surface area contributed by atoms with E-state index in [9.17, 15) is 4.79 Å². The minimum absolute atomic E-state index is 0.328. The molecule has 0 N–H and O–H groups in total. The largest absolute Gasteiger partial charge is 0.355 e. The van der Waals surface area contributed by atoms with E-state index in [0.717, 1.165) is 22.2 Å². The van der Waals surface area contributed by atoms with Crippen LogP contribution in [-0.4, -0.2) is 16.6 Å². The van der Waals surface area contributed by atoms with E-state index < -0.39 is 0 Å². The lowest BCUT2D eigenvalue weighted by Gasteiger charge is -2.21. The molecular formula is C22H18ClN3O. The molecule has 0 aliphatic carbocycles. The third-order valence-electron chi connectivity index (χ3n) is 4.47. The minimum atomic E-state index is -0.328. The van der Waals surface area contributed by atoms with Crippen molar-refractivity contribution in [3.8, 4) is 5.69 Å². The van der Waals surface area contributed by atoms with Gasteiger partial charge in [-0.15, -0.1) is 0 Å². The first kappa shape index (κ1) is 17.3. The van der Waals surface area contributed by atoms with Gasteiger partial charge in [-0.1, -0.05) is 60.1 Å². The van der Waals surface area contributed by atoms with Crippen molar-refractivity contribution in [3.05, 3.63) is 99.9 Å². The van der Waals surface area contributed by atoms with Gasteiger partial charge in [0.2, 0.25) is 0 Å². The van der Waals surface area contributed by atoms with E-state index in [1.54, 1.807) is 4.57 Å². The molecule has 4 aromatic rings. The Kier molecular flexibility index (Phi) is 4.65. The first-order chi connectivity index (χ1) is 13.1. The Hall–Kier alpha value is -3.11. The number of nitrogens with zero attached hydrogens (tertiary/aromatic N) is 3. The molecule has 0 atom stereocenters. The highest BCUT2D eigenvalue weighted by atomic mass is 35.5. The lowest BCUT2D eigenvalue weighted by atomic mass is 10.2. The van der Waals surface area contributed by atoms with Crippen molar-refractivity contribution < 1.29 is 0 Å². The number of rotatable bonds is 4. The van der Waals surface area contributed by atoms with Crippen LogP contribution in [0.25, 0.3) is 16.6 Å². The number of halogens is 1. The van der Waals surface area contributed by atoms with Crippen molar-refractivity contribution in [2.75, 3.05) is 11.9 Å². The maximum absolute atomic E-state index is 12.9. The van der Waals surface area contributed by atoms with E-state index >= 15 is 0 Å². The summed E-state index contributed by atoms with van der Waals surface area (Å²) < 4.78 is 1.60. The first-order valence-electron chi connectivity index (χ1n) is 8.66. The van der Waals surface area contributed by atoms with Crippen molar-refractivity contribution in [3.63, 3.8) is 0 Å². The van der Waals surface area contributed by atoms with E-state index in [2.05, 4.69) is 17.1 Å². The first-order valence-corrected chi connectivity index (χ1v) is 9.04. The van der Waals surface area contributed by atoms with Gasteiger partial charge in [0.1, 0.15) is 5.82 Å². The third kappa shape index (κ3) is 3.44. The van der Waals surface area contributed by atoms with E-state index in [1.165, 1.54) is 0 Å². The number of hydrogen-bond acceptors (Lipinski definition) is 3. The Balaban J connectivity index is 1.90. The number of aromatic nitrogens is 2. The Labute approximate surface area is 162 Å². The summed E-state index contributed by atoms with van der Waals surface area (Å²) in [6.07, 6.45) is 0. The maximum atomic E-state index is 12.9. The van der Waals surface area contributed by atoms with E-state index in [-0.39, 0.29) is 5.69 Å². The summed E-state index contributed by atoms with van der Waals surface area (Å²) in [7, 11) is 1.94. The Bertz CT molecular complexity index is 1140. The zero-order valence-corrected chi connectivity index (χ0v) is 15.6. The smallest absolute Gasteiger partial charge is 0.354 e. The molecule has 0 aliphatic heterocycles. The van der Waals surface area contributed by atoms with Crippen LogP contribution in [-0.2, 0) is 6.54 Å². The van der Waals surface area contributed by atoms with E-state index in [1.807, 2.05) is 78.7 Å². The Morgan fingerprint density at radius 1 is 0.963 bits per heavy atom. The SMILES string of the molecule is CN(Cc1ccccc1)c1nc(=O)n(-c2ccccc2)c2cc(Cl)ccc12. The molecule has 27 heavy (non-hydrogen) atoms. The topological polar surface area (TPSA) is 38.1 Å². The van der Waals surface area contributed by atoms with Crippen LogP contribution in [0.3, 0.4) is 0 Å². The van der Waals surface area contributed by atoms with Gasteiger partial charge in [0, 0.05) is 24.0 Å². The molecule has 0 spiro atoms. The van der Waals surface area contributed by atoms with Crippen molar-refractivity contribution in [2.45, 2.75) is 6.54 Å². The van der Waals surface area contributed by atoms with Gasteiger partial charge in [-0.3, -0.25) is 4.57 Å². The molecular weight excluding hydrogens is 358 g/mol. The Morgan fingerprint density at radius 2 is 1.63 bits per heavy atom. The molecule has 0 fully saturated rings. The fraction of sp³-hybridized carbons (Fsp3) is 0.0909. The summed E-state index contributed by atoms with van der Waals surface area (Å²) in [5, 5.41) is 1.45. The standard InChI is InChI=1S/C22H18ClN3O/c1-25(15-16-8-4-2-5-9-16)21-19-13-12-17(23)14-20(19)26(22(27)24-21)18-10-6-3-7-11-18/h2-14H,15H2,1H3. The molecule has 1 heterocycles. The van der Waals surface area contributed by atoms with Crippen LogP contribution in [0.15, 0.2) is 83.7 Å². The maximum Gasteiger partial charge on any atom is 0.354 e. The summed E-state index contributed by atoms with van der Waals surface area (Å²) in [6.45, 7) is 0.653. The summed E-state index contributed by atoms with van der Waals surface area (Å²) in [5.74, 6) is 0.641. The van der Waals surface area contributed by atoms with Crippen LogP contribution in [0.5, 0.6) is 0 Å². The average Bonchev–Trinajstić information content (AvgIpc) is 2.68. The van der Waals surface area contributed by atoms with Crippen molar-refractivity contribution >= 4 is 28.3 Å². The van der Waals surface area contributed by atoms with Crippen LogP contribution in [0.4, 0.5) is 5.82 Å². The highest BCUT2D eigenvalue weighted by Crippen LogP contribution is 2.27. The van der Waals surface area contributed by atoms with Gasteiger partial charge in [0.25, 0.3) is 0 Å². The van der Waals surface area contributed by atoms with Gasteiger partial charge < -0.3 is 4.90 Å². The van der Waals surface area contributed by atoms with E-state index in [0.29, 0.717) is 17.4 Å². The quantitative estimate of drug-likeness (QED) is 0.520. The summed E-state index contributed by atoms with van der Waals surface area (Å²) in [5.41, 5.74) is 2.32. The molecule has 134 valence electrons. The van der Waals surface area contributed by atoms with Gasteiger partial charge >= 0.3 is 5.69 Å². The summed E-state index contributed by atoms with van der Waals surface area (Å²) >= 11 is 6.24. The molecule has 0 bridgehead atoms. The van der Waals surface area contributed by atoms with Crippen LogP contribution in [0.1, 0.15) is 5.56 Å². The summed E-state index contributed by atoms with van der Waals surface area (Å²) in [4.78, 5) is 19.3. The van der Waals surface area contributed by atoms with Gasteiger partial charge in [-0.05, 0) is 35.9 Å². The van der Waals surface area contributed by atoms with Gasteiger partial charge in [-0.2, -0.15) is 4.98 Å². The van der Waals surface area contributed by atoms with Crippen molar-refractivity contribution in [2.24, 2.45) is 0 Å². The Morgan fingerprint density at radius 3 is 2.33 bits per heavy atom. The second-order valence-corrected chi connectivity index (χ2v) is 6.83. The molecule has 3 aromatic carbocycles. The van der Waals surface area contributed by atoms with Crippen LogP contribution >= 0.6 is 11.6 Å². The predicted octanol–water partition coefficient (Wildman–Crippen LogP) is 4.68. The number of benzene rings is 3. The normalized spacial score (nSPS) is 10.9. The van der Waals surface area contributed by atoms with E-state index in [4.69, 9.17) is 11.6 Å². The monoisotopic (exact) mass is 375 g/mol. The molecule has 0 saturated carbocycles. The second kappa shape index (κ2) is 7.25. The van der Waals surface area contributed by atoms with Crippen LogP contribution < -0.4 is 10.6 Å². The summed E-state index contributed by atoms with van der Waals surface area (Å²) in [6, 6.07) is 25.1. The van der Waals surface area contributed by atoms with Gasteiger partial charge in [0.15, 0.2) is 0 Å². The number of hydrogen-bond donors (Lipinski definition) is 0. The lowest BCUT2D eigenvalue weighted by Crippen LogP contribution is -2.27. The zero-order valence-electron chi connectivity index (χ0n) is 14.8. The molecule has 0 unspecified atom stereocenters. The molecule has 0 aliphatic rings. The minimum Gasteiger partial charge on any atom is -0.355 e. The van der Waals surface area contributed by atoms with Crippen LogP contribution in [0, 0.1) is 0 Å².